The fourth-order valence-corrected chi connectivity index (χ4v) is 6.47. The second-order valence-corrected chi connectivity index (χ2v) is 13.4. The number of sulfonamides is 1. The highest BCUT2D eigenvalue weighted by atomic mass is 79.9. The van der Waals surface area contributed by atoms with Crippen LogP contribution in [-0.4, -0.2) is 50.0 Å². The summed E-state index contributed by atoms with van der Waals surface area (Å²) in [6, 6.07) is 18.2. The minimum atomic E-state index is -4.09. The number of hydrogen-bond donors (Lipinski definition) is 1. The van der Waals surface area contributed by atoms with E-state index in [9.17, 15) is 26.8 Å². The number of carbonyl (C=O) groups is 2. The number of nitrogens with zero attached hydrogens (tertiary/aromatic N) is 2. The van der Waals surface area contributed by atoms with Gasteiger partial charge in [0.2, 0.25) is 21.8 Å². The van der Waals surface area contributed by atoms with Crippen LogP contribution in [-0.2, 0) is 32.6 Å². The normalized spacial score (nSPS) is 14.7. The van der Waals surface area contributed by atoms with Gasteiger partial charge < -0.3 is 10.2 Å². The molecule has 0 spiro atoms. The maximum atomic E-state index is 14.1. The molecule has 1 fully saturated rings. The number of halogens is 3. The van der Waals surface area contributed by atoms with Crippen molar-refractivity contribution < 1.29 is 26.8 Å². The van der Waals surface area contributed by atoms with Crippen molar-refractivity contribution >= 4 is 43.5 Å². The predicted molar refractivity (Wildman–Crippen MR) is 162 cm³/mol. The van der Waals surface area contributed by atoms with Crippen molar-refractivity contribution in [2.45, 2.75) is 57.2 Å². The van der Waals surface area contributed by atoms with E-state index in [0.29, 0.717) is 0 Å². The van der Waals surface area contributed by atoms with E-state index in [-0.39, 0.29) is 30.6 Å². The largest absolute Gasteiger partial charge is 0.352 e. The third-order valence-electron chi connectivity index (χ3n) is 7.33. The minimum Gasteiger partial charge on any atom is -0.352 e. The molecule has 0 unspecified atom stereocenters. The van der Waals surface area contributed by atoms with Gasteiger partial charge in [0.15, 0.2) is 11.6 Å². The zero-order valence-electron chi connectivity index (χ0n) is 23.3. The second-order valence-electron chi connectivity index (χ2n) is 10.6. The van der Waals surface area contributed by atoms with Gasteiger partial charge in [0.25, 0.3) is 0 Å². The number of benzene rings is 3. The van der Waals surface area contributed by atoms with Gasteiger partial charge in [-0.1, -0.05) is 77.7 Å². The van der Waals surface area contributed by atoms with Gasteiger partial charge in [-0.3, -0.25) is 13.9 Å². The van der Waals surface area contributed by atoms with Crippen molar-refractivity contribution in [1.82, 2.24) is 10.2 Å². The van der Waals surface area contributed by atoms with Crippen molar-refractivity contribution in [3.05, 3.63) is 100 Å². The molecule has 7 nitrogen and oxygen atoms in total. The molecule has 0 heterocycles. The number of rotatable bonds is 11. The number of carbonyl (C=O) groups excluding carboxylic acids is 2. The Bertz CT molecular complexity index is 1500. The Morgan fingerprint density at radius 3 is 2.26 bits per heavy atom. The summed E-state index contributed by atoms with van der Waals surface area (Å²) in [4.78, 5) is 29.4. The SMILES string of the molecule is CS(=O)(=O)N(CC(=O)N(Cc1cccc(Br)c1)[C@H](Cc1ccccc1)C(=O)NC1CCCCC1)c1ccc(F)c(F)c1. The average molecular weight is 663 g/mol. The van der Waals surface area contributed by atoms with Crippen molar-refractivity contribution in [2.75, 3.05) is 17.1 Å². The third-order valence-corrected chi connectivity index (χ3v) is 8.97. The monoisotopic (exact) mass is 661 g/mol. The number of nitrogens with one attached hydrogen (secondary N) is 1. The van der Waals surface area contributed by atoms with Gasteiger partial charge in [-0.15, -0.1) is 0 Å². The summed E-state index contributed by atoms with van der Waals surface area (Å²) in [5.74, 6) is -3.37. The lowest BCUT2D eigenvalue weighted by Gasteiger charge is -2.35. The van der Waals surface area contributed by atoms with Gasteiger partial charge in [0.05, 0.1) is 11.9 Å². The maximum absolute atomic E-state index is 14.1. The molecular weight excluding hydrogens is 628 g/mol. The van der Waals surface area contributed by atoms with Crippen molar-refractivity contribution in [3.8, 4) is 0 Å². The van der Waals surface area contributed by atoms with Crippen LogP contribution in [0.2, 0.25) is 0 Å². The molecule has 0 radical (unpaired) electrons. The second kappa shape index (κ2) is 14.2. The molecule has 42 heavy (non-hydrogen) atoms. The minimum absolute atomic E-state index is 0.0120. The smallest absolute Gasteiger partial charge is 0.244 e. The fraction of sp³-hybridized carbons (Fsp3) is 0.355. The standard InChI is InChI=1S/C31H34BrF2N3O4S/c1-42(40,41)37(26-15-16-27(33)28(34)19-26)21-30(38)36(20-23-11-8-12-24(32)17-23)29(18-22-9-4-2-5-10-22)31(39)35-25-13-6-3-7-14-25/h2,4-5,8-12,15-17,19,25,29H,3,6-7,13-14,18,20-21H2,1H3,(H,35,39)/t29-/m1/s1. The molecule has 1 atom stereocenters. The van der Waals surface area contributed by atoms with Crippen LogP contribution in [0.1, 0.15) is 43.2 Å². The third kappa shape index (κ3) is 8.61. The molecule has 0 aliphatic heterocycles. The molecule has 3 aromatic rings. The van der Waals surface area contributed by atoms with E-state index in [2.05, 4.69) is 21.2 Å². The molecule has 2 amide bonds. The van der Waals surface area contributed by atoms with E-state index in [0.717, 1.165) is 76.5 Å². The summed E-state index contributed by atoms with van der Waals surface area (Å²) in [5.41, 5.74) is 1.35. The lowest BCUT2D eigenvalue weighted by atomic mass is 9.94. The molecule has 0 saturated heterocycles. The Kier molecular flexibility index (Phi) is 10.7. The molecule has 0 bridgehead atoms. The average Bonchev–Trinajstić information content (AvgIpc) is 2.95. The van der Waals surface area contributed by atoms with Crippen molar-refractivity contribution in [2.24, 2.45) is 0 Å². The van der Waals surface area contributed by atoms with Crippen LogP contribution >= 0.6 is 15.9 Å². The van der Waals surface area contributed by atoms with Crippen molar-refractivity contribution in [1.29, 1.82) is 0 Å². The summed E-state index contributed by atoms with van der Waals surface area (Å²) < 4.78 is 54.9. The molecular formula is C31H34BrF2N3O4S. The highest BCUT2D eigenvalue weighted by Gasteiger charge is 2.34. The van der Waals surface area contributed by atoms with Gasteiger partial charge in [0, 0.05) is 29.5 Å². The summed E-state index contributed by atoms with van der Waals surface area (Å²) in [7, 11) is -4.09. The summed E-state index contributed by atoms with van der Waals surface area (Å²) in [5, 5.41) is 3.14. The molecule has 1 saturated carbocycles. The van der Waals surface area contributed by atoms with Crippen LogP contribution in [0.3, 0.4) is 0 Å². The van der Waals surface area contributed by atoms with Crippen LogP contribution in [0.25, 0.3) is 0 Å². The molecule has 0 aromatic heterocycles. The van der Waals surface area contributed by atoms with Crippen LogP contribution in [0, 0.1) is 11.6 Å². The predicted octanol–water partition coefficient (Wildman–Crippen LogP) is 5.58. The van der Waals surface area contributed by atoms with Gasteiger partial charge in [-0.05, 0) is 48.2 Å². The summed E-state index contributed by atoms with van der Waals surface area (Å²) in [6.07, 6.45) is 5.90. The van der Waals surface area contributed by atoms with Gasteiger partial charge in [-0.25, -0.2) is 17.2 Å². The van der Waals surface area contributed by atoms with E-state index < -0.39 is 40.2 Å². The Morgan fingerprint density at radius 2 is 1.62 bits per heavy atom. The maximum Gasteiger partial charge on any atom is 0.244 e. The topological polar surface area (TPSA) is 86.8 Å². The van der Waals surface area contributed by atoms with E-state index >= 15 is 0 Å². The van der Waals surface area contributed by atoms with E-state index in [1.807, 2.05) is 48.5 Å². The van der Waals surface area contributed by atoms with E-state index in [1.165, 1.54) is 4.90 Å². The van der Waals surface area contributed by atoms with Crippen LogP contribution in [0.5, 0.6) is 0 Å². The van der Waals surface area contributed by atoms with E-state index in [1.54, 1.807) is 6.07 Å². The first-order valence-electron chi connectivity index (χ1n) is 13.8. The Labute approximate surface area is 254 Å². The summed E-state index contributed by atoms with van der Waals surface area (Å²) in [6.45, 7) is -0.691. The molecule has 1 aliphatic rings. The van der Waals surface area contributed by atoms with Gasteiger partial charge >= 0.3 is 0 Å². The lowest BCUT2D eigenvalue weighted by molar-refractivity contribution is -0.140. The molecule has 224 valence electrons. The molecule has 11 heteroatoms. The Balaban J connectivity index is 1.73. The first-order valence-corrected chi connectivity index (χ1v) is 16.5. The zero-order chi connectivity index (χ0) is 30.3. The summed E-state index contributed by atoms with van der Waals surface area (Å²) >= 11 is 3.45. The fourth-order valence-electron chi connectivity index (χ4n) is 5.18. The van der Waals surface area contributed by atoms with Gasteiger partial charge in [0.1, 0.15) is 12.6 Å². The lowest BCUT2D eigenvalue weighted by Crippen LogP contribution is -2.55. The van der Waals surface area contributed by atoms with Gasteiger partial charge in [-0.2, -0.15) is 0 Å². The van der Waals surface area contributed by atoms with Crippen LogP contribution in [0.15, 0.2) is 77.3 Å². The first-order chi connectivity index (χ1) is 20.0. The van der Waals surface area contributed by atoms with Crippen LogP contribution in [0.4, 0.5) is 14.5 Å². The first kappa shape index (κ1) is 31.6. The number of amides is 2. The molecule has 3 aromatic carbocycles. The Hall–Kier alpha value is -3.31. The number of hydrogen-bond acceptors (Lipinski definition) is 4. The van der Waals surface area contributed by atoms with Crippen molar-refractivity contribution in [3.63, 3.8) is 0 Å². The highest BCUT2D eigenvalue weighted by molar-refractivity contribution is 9.10. The zero-order valence-corrected chi connectivity index (χ0v) is 25.7. The van der Waals surface area contributed by atoms with E-state index in [4.69, 9.17) is 0 Å². The molecule has 4 rings (SSSR count). The Morgan fingerprint density at radius 1 is 0.929 bits per heavy atom. The quantitative estimate of drug-likeness (QED) is 0.291. The molecule has 1 N–H and O–H groups in total. The highest BCUT2D eigenvalue weighted by Crippen LogP contribution is 2.24. The molecule has 1 aliphatic carbocycles. The number of anilines is 1. The van der Waals surface area contributed by atoms with Crippen LogP contribution < -0.4 is 9.62 Å².